The molecule has 7 heteroatoms. The number of anilines is 1. The second kappa shape index (κ2) is 9.82. The summed E-state index contributed by atoms with van der Waals surface area (Å²) in [7, 11) is 0. The van der Waals surface area contributed by atoms with Crippen molar-refractivity contribution in [3.8, 4) is 17.3 Å². The summed E-state index contributed by atoms with van der Waals surface area (Å²) < 4.78 is 1.89. The van der Waals surface area contributed by atoms with E-state index < -0.39 is 0 Å². The highest BCUT2D eigenvalue weighted by Crippen LogP contribution is 2.28. The summed E-state index contributed by atoms with van der Waals surface area (Å²) >= 11 is 0. The van der Waals surface area contributed by atoms with E-state index in [1.165, 1.54) is 5.56 Å². The van der Waals surface area contributed by atoms with Gasteiger partial charge in [0.2, 0.25) is 0 Å². The average molecular weight is 479 g/mol. The second-order valence-electron chi connectivity index (χ2n) is 9.63. The highest BCUT2D eigenvalue weighted by Gasteiger charge is 2.25. The number of benzene rings is 2. The van der Waals surface area contributed by atoms with Gasteiger partial charge < -0.3 is 9.80 Å². The van der Waals surface area contributed by atoms with Crippen LogP contribution in [0.2, 0.25) is 0 Å². The summed E-state index contributed by atoms with van der Waals surface area (Å²) in [5.74, 6) is 0.0146. The third-order valence-electron chi connectivity index (χ3n) is 6.78. The molecule has 0 bridgehead atoms. The molecule has 0 N–H and O–H groups in total. The molecule has 0 atom stereocenters. The standard InChI is InChI=1S/C29H30N6O/c1-20(2)35-28-26(19-31-35)25(17-27(32-28)23-9-5-21(3)6-10-23)29(36)34-14-4-13-33(15-16-34)24-11-7-22(18-30)8-12-24/h5-12,17,19-20H,4,13-16H2,1-3H3. The summed E-state index contributed by atoms with van der Waals surface area (Å²) in [6.07, 6.45) is 2.64. The Morgan fingerprint density at radius 1 is 1.00 bits per heavy atom. The molecule has 0 saturated carbocycles. The molecule has 5 rings (SSSR count). The van der Waals surface area contributed by atoms with Crippen LogP contribution in [-0.4, -0.2) is 51.8 Å². The number of nitriles is 1. The lowest BCUT2D eigenvalue weighted by Crippen LogP contribution is -2.35. The summed E-state index contributed by atoms with van der Waals surface area (Å²) in [5, 5.41) is 14.4. The Balaban J connectivity index is 1.47. The molecule has 1 fully saturated rings. The first-order chi connectivity index (χ1) is 17.4. The van der Waals surface area contributed by atoms with Crippen LogP contribution in [0.3, 0.4) is 0 Å². The molecule has 0 radical (unpaired) electrons. The van der Waals surface area contributed by atoms with Gasteiger partial charge in [0.05, 0.1) is 34.5 Å². The zero-order valence-corrected chi connectivity index (χ0v) is 21.0. The van der Waals surface area contributed by atoms with Crippen LogP contribution in [0.5, 0.6) is 0 Å². The summed E-state index contributed by atoms with van der Waals surface area (Å²) in [4.78, 5) is 23.1. The van der Waals surface area contributed by atoms with Crippen molar-refractivity contribution in [3.05, 3.63) is 77.5 Å². The first-order valence-electron chi connectivity index (χ1n) is 12.4. The van der Waals surface area contributed by atoms with E-state index in [1.54, 1.807) is 6.20 Å². The number of aromatic nitrogens is 3. The highest BCUT2D eigenvalue weighted by atomic mass is 16.2. The predicted octanol–water partition coefficient (Wildman–Crippen LogP) is 5.21. The number of amides is 1. The molecule has 36 heavy (non-hydrogen) atoms. The van der Waals surface area contributed by atoms with Gasteiger partial charge in [-0.05, 0) is 57.5 Å². The Morgan fingerprint density at radius 3 is 2.44 bits per heavy atom. The molecule has 0 aliphatic carbocycles. The molecule has 1 aliphatic rings. The van der Waals surface area contributed by atoms with Crippen molar-refractivity contribution >= 4 is 22.6 Å². The van der Waals surface area contributed by atoms with Crippen LogP contribution in [0.4, 0.5) is 5.69 Å². The number of pyridine rings is 1. The highest BCUT2D eigenvalue weighted by molar-refractivity contribution is 6.06. The van der Waals surface area contributed by atoms with Crippen molar-refractivity contribution in [2.45, 2.75) is 33.2 Å². The quantitative estimate of drug-likeness (QED) is 0.402. The van der Waals surface area contributed by atoms with Crippen LogP contribution in [0.1, 0.15) is 47.8 Å². The van der Waals surface area contributed by atoms with Crippen LogP contribution in [0, 0.1) is 18.3 Å². The first kappa shape index (κ1) is 23.6. The molecule has 2 aromatic carbocycles. The van der Waals surface area contributed by atoms with Gasteiger partial charge in [0, 0.05) is 43.5 Å². The number of carbonyl (C=O) groups excluding carboxylic acids is 1. The van der Waals surface area contributed by atoms with Crippen LogP contribution in [0.25, 0.3) is 22.3 Å². The fourth-order valence-corrected chi connectivity index (χ4v) is 4.74. The maximum Gasteiger partial charge on any atom is 0.254 e. The van der Waals surface area contributed by atoms with Crippen molar-refractivity contribution < 1.29 is 4.79 Å². The van der Waals surface area contributed by atoms with Crippen LogP contribution < -0.4 is 4.90 Å². The normalized spacial score (nSPS) is 14.2. The van der Waals surface area contributed by atoms with Gasteiger partial charge in [-0.1, -0.05) is 29.8 Å². The largest absolute Gasteiger partial charge is 0.370 e. The Kier molecular flexibility index (Phi) is 6.43. The number of hydrogen-bond donors (Lipinski definition) is 0. The van der Waals surface area contributed by atoms with Crippen LogP contribution >= 0.6 is 0 Å². The lowest BCUT2D eigenvalue weighted by molar-refractivity contribution is 0.0769. The number of hydrogen-bond acceptors (Lipinski definition) is 5. The van der Waals surface area contributed by atoms with Gasteiger partial charge in [-0.15, -0.1) is 0 Å². The van der Waals surface area contributed by atoms with E-state index in [-0.39, 0.29) is 11.9 Å². The number of nitrogens with zero attached hydrogens (tertiary/aromatic N) is 6. The minimum absolute atomic E-state index is 0.0146. The van der Waals surface area contributed by atoms with Gasteiger partial charge in [-0.3, -0.25) is 4.79 Å². The molecular formula is C29H30N6O. The number of aryl methyl sites for hydroxylation is 1. The van der Waals surface area contributed by atoms with Gasteiger partial charge in [0.25, 0.3) is 5.91 Å². The Bertz CT molecular complexity index is 1430. The molecule has 2 aromatic heterocycles. The molecule has 182 valence electrons. The Morgan fingerprint density at radius 2 is 1.75 bits per heavy atom. The van der Waals surface area contributed by atoms with E-state index >= 15 is 0 Å². The van der Waals surface area contributed by atoms with Crippen molar-refractivity contribution in [1.82, 2.24) is 19.7 Å². The Hall–Kier alpha value is -4.18. The van der Waals surface area contributed by atoms with Crippen molar-refractivity contribution in [2.75, 3.05) is 31.1 Å². The van der Waals surface area contributed by atoms with E-state index in [9.17, 15) is 4.79 Å². The Labute approximate surface area is 211 Å². The van der Waals surface area contributed by atoms with Crippen molar-refractivity contribution in [1.29, 1.82) is 5.26 Å². The van der Waals surface area contributed by atoms with Gasteiger partial charge in [0.15, 0.2) is 5.65 Å². The van der Waals surface area contributed by atoms with E-state index in [0.29, 0.717) is 24.2 Å². The van der Waals surface area contributed by atoms with E-state index in [2.05, 4.69) is 61.1 Å². The molecule has 7 nitrogen and oxygen atoms in total. The molecule has 0 unspecified atom stereocenters. The van der Waals surface area contributed by atoms with E-state index in [4.69, 9.17) is 10.2 Å². The average Bonchev–Trinajstić information content (AvgIpc) is 3.18. The molecule has 4 aromatic rings. The molecule has 3 heterocycles. The van der Waals surface area contributed by atoms with Gasteiger partial charge >= 0.3 is 0 Å². The molecule has 1 aliphatic heterocycles. The third kappa shape index (κ3) is 4.55. The zero-order valence-electron chi connectivity index (χ0n) is 21.0. The first-order valence-corrected chi connectivity index (χ1v) is 12.4. The van der Waals surface area contributed by atoms with E-state index in [1.807, 2.05) is 39.9 Å². The van der Waals surface area contributed by atoms with Gasteiger partial charge in [-0.25, -0.2) is 9.67 Å². The van der Waals surface area contributed by atoms with Gasteiger partial charge in [-0.2, -0.15) is 10.4 Å². The molecule has 0 spiro atoms. The second-order valence-corrected chi connectivity index (χ2v) is 9.63. The summed E-state index contributed by atoms with van der Waals surface area (Å²) in [6, 6.07) is 20.1. The fraction of sp³-hybridized carbons (Fsp3) is 0.310. The maximum absolute atomic E-state index is 13.9. The van der Waals surface area contributed by atoms with E-state index in [0.717, 1.165) is 47.5 Å². The minimum atomic E-state index is 0.0146. The number of carbonyl (C=O) groups is 1. The van der Waals surface area contributed by atoms with Crippen LogP contribution in [-0.2, 0) is 0 Å². The zero-order chi connectivity index (χ0) is 25.2. The number of fused-ring (bicyclic) bond motifs is 1. The molecule has 1 amide bonds. The maximum atomic E-state index is 13.9. The summed E-state index contributed by atoms with van der Waals surface area (Å²) in [6.45, 7) is 9.11. The number of rotatable bonds is 4. The molecule has 1 saturated heterocycles. The SMILES string of the molecule is Cc1ccc(-c2cc(C(=O)N3CCCN(c4ccc(C#N)cc4)CC3)c3cnn(C(C)C)c3n2)cc1. The van der Waals surface area contributed by atoms with Gasteiger partial charge in [0.1, 0.15) is 0 Å². The molecular weight excluding hydrogens is 448 g/mol. The fourth-order valence-electron chi connectivity index (χ4n) is 4.74. The van der Waals surface area contributed by atoms with Crippen LogP contribution in [0.15, 0.2) is 60.8 Å². The predicted molar refractivity (Wildman–Crippen MR) is 142 cm³/mol. The third-order valence-corrected chi connectivity index (χ3v) is 6.78. The lowest BCUT2D eigenvalue weighted by Gasteiger charge is -2.24. The monoisotopic (exact) mass is 478 g/mol. The topological polar surface area (TPSA) is 78.0 Å². The van der Waals surface area contributed by atoms with Crippen molar-refractivity contribution in [2.24, 2.45) is 0 Å². The minimum Gasteiger partial charge on any atom is -0.370 e. The smallest absolute Gasteiger partial charge is 0.254 e. The summed E-state index contributed by atoms with van der Waals surface area (Å²) in [5.41, 5.74) is 6.06. The lowest BCUT2D eigenvalue weighted by atomic mass is 10.0. The van der Waals surface area contributed by atoms with Crippen molar-refractivity contribution in [3.63, 3.8) is 0 Å².